The summed E-state index contributed by atoms with van der Waals surface area (Å²) in [6.07, 6.45) is 6.37. The van der Waals surface area contributed by atoms with Crippen molar-refractivity contribution in [3.8, 4) is 0 Å². The first-order chi connectivity index (χ1) is 9.74. The smallest absolute Gasteiger partial charge is 0.209 e. The molecule has 0 aliphatic carbocycles. The van der Waals surface area contributed by atoms with Gasteiger partial charge in [-0.05, 0) is 50.6 Å². The lowest BCUT2D eigenvalue weighted by molar-refractivity contribution is -0.119. The predicted molar refractivity (Wildman–Crippen MR) is 78.2 cm³/mol. The summed E-state index contributed by atoms with van der Waals surface area (Å²) in [6.45, 7) is 7.05. The molecule has 0 saturated carbocycles. The third kappa shape index (κ3) is 3.95. The highest BCUT2D eigenvalue weighted by atomic mass is 16.1. The summed E-state index contributed by atoms with van der Waals surface area (Å²) in [7, 11) is 0. The molecule has 1 N–H and O–H groups in total. The Kier molecular flexibility index (Phi) is 5.83. The molecule has 0 aromatic heterocycles. The lowest BCUT2D eigenvalue weighted by atomic mass is 9.86. The fourth-order valence-corrected chi connectivity index (χ4v) is 3.53. The number of carbonyl (C=O) groups excluding carboxylic acids is 2. The first kappa shape index (κ1) is 15.3. The van der Waals surface area contributed by atoms with E-state index in [-0.39, 0.29) is 0 Å². The third-order valence-corrected chi connectivity index (χ3v) is 4.96. The Bertz CT molecular complexity index is 308. The van der Waals surface area contributed by atoms with Gasteiger partial charge in [-0.15, -0.1) is 0 Å². The summed E-state index contributed by atoms with van der Waals surface area (Å²) < 4.78 is 0. The van der Waals surface area contributed by atoms with Crippen LogP contribution in [0.1, 0.15) is 32.6 Å². The normalized spacial score (nSPS) is 24.4. The molecule has 2 saturated heterocycles. The topological polar surface area (TPSA) is 52.7 Å². The average molecular weight is 281 g/mol. The zero-order valence-electron chi connectivity index (χ0n) is 12.5. The number of amides is 2. The van der Waals surface area contributed by atoms with Crippen LogP contribution in [0.3, 0.4) is 0 Å². The Morgan fingerprint density at radius 2 is 1.75 bits per heavy atom. The van der Waals surface area contributed by atoms with Crippen molar-refractivity contribution in [3.05, 3.63) is 0 Å². The molecular formula is C15H27N3O2. The van der Waals surface area contributed by atoms with Crippen LogP contribution in [0.4, 0.5) is 0 Å². The third-order valence-electron chi connectivity index (χ3n) is 4.96. The molecule has 2 rings (SSSR count). The maximum atomic E-state index is 10.8. The van der Waals surface area contributed by atoms with Crippen LogP contribution in [0.25, 0.3) is 0 Å². The molecule has 2 aliphatic rings. The first-order valence-corrected chi connectivity index (χ1v) is 7.85. The highest BCUT2D eigenvalue weighted by molar-refractivity contribution is 5.47. The van der Waals surface area contributed by atoms with E-state index < -0.39 is 0 Å². The van der Waals surface area contributed by atoms with Gasteiger partial charge in [0.15, 0.2) is 0 Å². The molecule has 0 aromatic carbocycles. The molecule has 1 atom stereocenters. The second-order valence-corrected chi connectivity index (χ2v) is 6.29. The Morgan fingerprint density at radius 3 is 2.30 bits per heavy atom. The van der Waals surface area contributed by atoms with E-state index in [1.165, 1.54) is 12.8 Å². The number of carbonyl (C=O) groups is 2. The lowest BCUT2D eigenvalue weighted by Crippen LogP contribution is -2.52. The fourth-order valence-electron chi connectivity index (χ4n) is 3.53. The van der Waals surface area contributed by atoms with E-state index in [9.17, 15) is 9.59 Å². The summed E-state index contributed by atoms with van der Waals surface area (Å²) in [4.78, 5) is 25.9. The Balaban J connectivity index is 1.92. The van der Waals surface area contributed by atoms with Crippen LogP contribution in [0.15, 0.2) is 0 Å². The van der Waals surface area contributed by atoms with E-state index in [0.29, 0.717) is 12.0 Å². The highest BCUT2D eigenvalue weighted by Gasteiger charge is 2.31. The quantitative estimate of drug-likeness (QED) is 0.729. The Morgan fingerprint density at radius 1 is 1.10 bits per heavy atom. The zero-order valence-corrected chi connectivity index (χ0v) is 12.5. The van der Waals surface area contributed by atoms with Gasteiger partial charge in [0.05, 0.1) is 0 Å². The Hall–Kier alpha value is -1.10. The molecule has 2 aliphatic heterocycles. The molecule has 5 heteroatoms. The fraction of sp³-hybridized carbons (Fsp3) is 0.867. The first-order valence-electron chi connectivity index (χ1n) is 7.85. The number of hydrogen-bond donors (Lipinski definition) is 1. The van der Waals surface area contributed by atoms with Crippen molar-refractivity contribution in [2.75, 3.05) is 32.7 Å². The van der Waals surface area contributed by atoms with E-state index in [1.54, 1.807) is 0 Å². The van der Waals surface area contributed by atoms with Crippen molar-refractivity contribution in [3.63, 3.8) is 0 Å². The second kappa shape index (κ2) is 7.62. The van der Waals surface area contributed by atoms with Crippen LogP contribution in [-0.2, 0) is 9.59 Å². The maximum Gasteiger partial charge on any atom is 0.209 e. The molecule has 0 bridgehead atoms. The van der Waals surface area contributed by atoms with Crippen LogP contribution in [-0.4, -0.2) is 61.4 Å². The van der Waals surface area contributed by atoms with Crippen molar-refractivity contribution in [2.45, 2.75) is 38.6 Å². The largest absolute Gasteiger partial charge is 0.357 e. The van der Waals surface area contributed by atoms with Gasteiger partial charge in [0.1, 0.15) is 0 Å². The number of piperidine rings is 2. The molecular weight excluding hydrogens is 254 g/mol. The number of rotatable bonds is 6. The minimum Gasteiger partial charge on any atom is -0.357 e. The molecule has 1 unspecified atom stereocenters. The van der Waals surface area contributed by atoms with Gasteiger partial charge < -0.3 is 10.2 Å². The molecule has 2 heterocycles. The Labute approximate surface area is 121 Å². The van der Waals surface area contributed by atoms with Crippen LogP contribution in [0.2, 0.25) is 0 Å². The van der Waals surface area contributed by atoms with Crippen LogP contribution >= 0.6 is 0 Å². The van der Waals surface area contributed by atoms with E-state index in [2.05, 4.69) is 17.1 Å². The molecule has 0 radical (unpaired) electrons. The highest BCUT2D eigenvalue weighted by Crippen LogP contribution is 2.27. The summed E-state index contributed by atoms with van der Waals surface area (Å²) in [5.74, 6) is 1.41. The van der Waals surface area contributed by atoms with Crippen molar-refractivity contribution in [1.82, 2.24) is 15.1 Å². The number of nitrogens with one attached hydrogen (secondary N) is 1. The minimum absolute atomic E-state index is 0.432. The van der Waals surface area contributed by atoms with Gasteiger partial charge in [0, 0.05) is 25.7 Å². The van der Waals surface area contributed by atoms with Crippen molar-refractivity contribution in [2.24, 2.45) is 11.8 Å². The molecule has 0 spiro atoms. The van der Waals surface area contributed by atoms with Crippen LogP contribution in [0.5, 0.6) is 0 Å². The molecule has 2 fully saturated rings. The van der Waals surface area contributed by atoms with Crippen LogP contribution in [0, 0.1) is 11.8 Å². The van der Waals surface area contributed by atoms with E-state index in [1.807, 2.05) is 4.90 Å². The zero-order chi connectivity index (χ0) is 14.4. The molecule has 114 valence electrons. The standard InChI is InChI=1S/C15H27N3O2/c1-13-2-8-18(9-3-13)15(10-16-11-19)14-4-6-17(12-20)7-5-14/h11-15H,2-10H2,1H3,(H,16,19). The van der Waals surface area contributed by atoms with E-state index >= 15 is 0 Å². The monoisotopic (exact) mass is 281 g/mol. The SMILES string of the molecule is CC1CCN(C(CNC=O)C2CCN(C=O)CC2)CC1. The lowest BCUT2D eigenvalue weighted by Gasteiger charge is -2.43. The molecule has 0 aromatic rings. The second-order valence-electron chi connectivity index (χ2n) is 6.29. The van der Waals surface area contributed by atoms with Gasteiger partial charge in [-0.3, -0.25) is 14.5 Å². The number of hydrogen-bond acceptors (Lipinski definition) is 3. The average Bonchev–Trinajstić information content (AvgIpc) is 2.50. The molecule has 20 heavy (non-hydrogen) atoms. The predicted octanol–water partition coefficient (Wildman–Crippen LogP) is 0.701. The van der Waals surface area contributed by atoms with Gasteiger partial charge in [-0.2, -0.15) is 0 Å². The summed E-state index contributed by atoms with van der Waals surface area (Å²) >= 11 is 0. The summed E-state index contributed by atoms with van der Waals surface area (Å²) in [5.41, 5.74) is 0. The van der Waals surface area contributed by atoms with Gasteiger partial charge >= 0.3 is 0 Å². The van der Waals surface area contributed by atoms with Crippen LogP contribution < -0.4 is 5.32 Å². The van der Waals surface area contributed by atoms with Gasteiger partial charge in [0.2, 0.25) is 12.8 Å². The van der Waals surface area contributed by atoms with Gasteiger partial charge in [-0.1, -0.05) is 6.92 Å². The molecule has 2 amide bonds. The van der Waals surface area contributed by atoms with E-state index in [0.717, 1.165) is 64.3 Å². The van der Waals surface area contributed by atoms with Gasteiger partial charge in [0.25, 0.3) is 0 Å². The van der Waals surface area contributed by atoms with E-state index in [4.69, 9.17) is 0 Å². The van der Waals surface area contributed by atoms with Crippen molar-refractivity contribution in [1.29, 1.82) is 0 Å². The van der Waals surface area contributed by atoms with Gasteiger partial charge in [-0.25, -0.2) is 0 Å². The number of nitrogens with zero attached hydrogens (tertiary/aromatic N) is 2. The van der Waals surface area contributed by atoms with Crippen molar-refractivity contribution < 1.29 is 9.59 Å². The molecule has 5 nitrogen and oxygen atoms in total. The number of likely N-dealkylation sites (tertiary alicyclic amines) is 2. The summed E-state index contributed by atoms with van der Waals surface area (Å²) in [5, 5.41) is 2.87. The van der Waals surface area contributed by atoms with Crippen molar-refractivity contribution >= 4 is 12.8 Å². The minimum atomic E-state index is 0.432. The summed E-state index contributed by atoms with van der Waals surface area (Å²) in [6, 6.07) is 0.432. The maximum absolute atomic E-state index is 10.8.